The highest BCUT2D eigenvalue weighted by Crippen LogP contribution is 2.13. The molecule has 1 aromatic heterocycles. The van der Waals surface area contributed by atoms with E-state index in [1.165, 1.54) is 5.39 Å². The molecule has 1 aromatic carbocycles. The molecule has 1 heterocycles. The van der Waals surface area contributed by atoms with Crippen molar-refractivity contribution in [3.05, 3.63) is 66.9 Å². The Morgan fingerprint density at radius 3 is 2.80 bits per heavy atom. The summed E-state index contributed by atoms with van der Waals surface area (Å²) in [7, 11) is 0. The van der Waals surface area contributed by atoms with E-state index in [1.807, 2.05) is 24.3 Å². The third-order valence-electron chi connectivity index (χ3n) is 2.35. The number of hydrogen-bond donors (Lipinski definition) is 0. The second-order valence-corrected chi connectivity index (χ2v) is 3.53. The summed E-state index contributed by atoms with van der Waals surface area (Å²) in [5.74, 6) is 0. The molecule has 0 bridgehead atoms. The van der Waals surface area contributed by atoms with Crippen LogP contribution in [0.1, 0.15) is 5.69 Å². The first-order chi connectivity index (χ1) is 7.29. The lowest BCUT2D eigenvalue weighted by Crippen LogP contribution is -1.91. The Morgan fingerprint density at radius 2 is 2.00 bits per heavy atom. The highest BCUT2D eigenvalue weighted by molar-refractivity contribution is 5.78. The largest absolute Gasteiger partial charge is 0.252 e. The van der Waals surface area contributed by atoms with Crippen LogP contribution in [-0.4, -0.2) is 4.98 Å². The number of fused-ring (bicyclic) bond motifs is 1. The Hall–Kier alpha value is -1.89. The van der Waals surface area contributed by atoms with Crippen LogP contribution in [0.3, 0.4) is 0 Å². The van der Waals surface area contributed by atoms with Crippen molar-refractivity contribution in [3.63, 3.8) is 0 Å². The average molecular weight is 195 g/mol. The monoisotopic (exact) mass is 195 g/mol. The number of nitrogens with zero attached hydrogens (tertiary/aromatic N) is 1. The predicted octanol–water partition coefficient (Wildman–Crippen LogP) is 3.52. The Balaban J connectivity index is 2.38. The summed E-state index contributed by atoms with van der Waals surface area (Å²) in [6.07, 6.45) is 2.55. The molecule has 2 rings (SSSR count). The number of aromatic nitrogens is 1. The molecule has 74 valence electrons. The van der Waals surface area contributed by atoms with Gasteiger partial charge >= 0.3 is 0 Å². The molecule has 0 aliphatic rings. The summed E-state index contributed by atoms with van der Waals surface area (Å²) < 4.78 is 0. The summed E-state index contributed by atoms with van der Waals surface area (Å²) in [6.45, 7) is 7.58. The zero-order valence-electron chi connectivity index (χ0n) is 8.61. The maximum Gasteiger partial charge on any atom is 0.0705 e. The third-order valence-corrected chi connectivity index (χ3v) is 2.35. The fourth-order valence-corrected chi connectivity index (χ4v) is 1.51. The molecule has 0 spiro atoms. The summed E-state index contributed by atoms with van der Waals surface area (Å²) in [5.41, 5.74) is 3.07. The number of rotatable bonds is 3. The van der Waals surface area contributed by atoms with Gasteiger partial charge in [-0.1, -0.05) is 43.5 Å². The van der Waals surface area contributed by atoms with Crippen LogP contribution in [0.4, 0.5) is 0 Å². The van der Waals surface area contributed by atoms with E-state index in [0.717, 1.165) is 23.2 Å². The minimum Gasteiger partial charge on any atom is -0.252 e. The third kappa shape index (κ3) is 2.13. The summed E-state index contributed by atoms with van der Waals surface area (Å²) in [4.78, 5) is 4.55. The summed E-state index contributed by atoms with van der Waals surface area (Å²) >= 11 is 0. The molecule has 2 aromatic rings. The van der Waals surface area contributed by atoms with Gasteiger partial charge in [-0.05, 0) is 17.7 Å². The van der Waals surface area contributed by atoms with Crippen LogP contribution >= 0.6 is 0 Å². The Kier molecular flexibility index (Phi) is 2.64. The molecule has 0 N–H and O–H groups in total. The molecule has 0 fully saturated rings. The fraction of sp³-hybridized carbons (Fsp3) is 0.0714. The van der Waals surface area contributed by atoms with E-state index in [-0.39, 0.29) is 0 Å². The van der Waals surface area contributed by atoms with E-state index in [2.05, 4.69) is 30.3 Å². The molecule has 0 saturated carbocycles. The lowest BCUT2D eigenvalue weighted by atomic mass is 10.1. The van der Waals surface area contributed by atoms with Gasteiger partial charge in [0.25, 0.3) is 0 Å². The van der Waals surface area contributed by atoms with Gasteiger partial charge in [0, 0.05) is 17.5 Å². The highest BCUT2D eigenvalue weighted by atomic mass is 14.7. The Morgan fingerprint density at radius 1 is 1.20 bits per heavy atom. The molecule has 0 aliphatic heterocycles. The summed E-state index contributed by atoms with van der Waals surface area (Å²) in [5, 5.41) is 1.17. The Labute approximate surface area is 89.8 Å². The van der Waals surface area contributed by atoms with Crippen LogP contribution in [0.5, 0.6) is 0 Å². The minimum atomic E-state index is 0.772. The van der Waals surface area contributed by atoms with Gasteiger partial charge < -0.3 is 0 Å². The number of hydrogen-bond acceptors (Lipinski definition) is 1. The van der Waals surface area contributed by atoms with Gasteiger partial charge in [-0.2, -0.15) is 0 Å². The maximum absolute atomic E-state index is 4.55. The first-order valence-corrected chi connectivity index (χ1v) is 4.94. The normalized spacial score (nSPS) is 10.1. The fourth-order valence-electron chi connectivity index (χ4n) is 1.51. The zero-order valence-corrected chi connectivity index (χ0v) is 8.61. The van der Waals surface area contributed by atoms with Crippen LogP contribution in [0.25, 0.3) is 10.9 Å². The smallest absolute Gasteiger partial charge is 0.0705 e. The zero-order chi connectivity index (χ0) is 10.7. The van der Waals surface area contributed by atoms with Gasteiger partial charge in [0.05, 0.1) is 5.52 Å². The predicted molar refractivity (Wildman–Crippen MR) is 64.8 cm³/mol. The molecular formula is C14H13N. The van der Waals surface area contributed by atoms with Crippen molar-refractivity contribution in [2.75, 3.05) is 0 Å². The first-order valence-electron chi connectivity index (χ1n) is 4.94. The van der Waals surface area contributed by atoms with Crippen molar-refractivity contribution < 1.29 is 0 Å². The highest BCUT2D eigenvalue weighted by Gasteiger charge is 1.98. The van der Waals surface area contributed by atoms with Gasteiger partial charge in [0.1, 0.15) is 0 Å². The maximum atomic E-state index is 4.55. The Bertz CT molecular complexity index is 511. The van der Waals surface area contributed by atoms with Crippen LogP contribution < -0.4 is 0 Å². The second kappa shape index (κ2) is 4.09. The minimum absolute atomic E-state index is 0.772. The van der Waals surface area contributed by atoms with Crippen LogP contribution in [0, 0.1) is 0 Å². The van der Waals surface area contributed by atoms with Crippen LogP contribution in [-0.2, 0) is 6.42 Å². The molecule has 0 radical (unpaired) electrons. The van der Waals surface area contributed by atoms with Crippen molar-refractivity contribution in [1.82, 2.24) is 4.98 Å². The second-order valence-electron chi connectivity index (χ2n) is 3.53. The quantitative estimate of drug-likeness (QED) is 0.683. The molecule has 15 heavy (non-hydrogen) atoms. The van der Waals surface area contributed by atoms with Crippen LogP contribution in [0.15, 0.2) is 61.2 Å². The van der Waals surface area contributed by atoms with Gasteiger partial charge in [-0.15, -0.1) is 0 Å². The van der Waals surface area contributed by atoms with E-state index in [1.54, 1.807) is 6.08 Å². The van der Waals surface area contributed by atoms with E-state index in [4.69, 9.17) is 0 Å². The molecule has 0 atom stereocenters. The molecule has 0 aliphatic carbocycles. The van der Waals surface area contributed by atoms with Crippen molar-refractivity contribution in [2.24, 2.45) is 0 Å². The molecule has 0 amide bonds. The number of pyridine rings is 1. The SMILES string of the molecule is C=CC(=C)Cc1ccc2ccccc2n1. The molecule has 1 nitrogen and oxygen atoms in total. The van der Waals surface area contributed by atoms with E-state index >= 15 is 0 Å². The topological polar surface area (TPSA) is 12.9 Å². The molecular weight excluding hydrogens is 182 g/mol. The lowest BCUT2D eigenvalue weighted by Gasteiger charge is -2.02. The van der Waals surface area contributed by atoms with Crippen LogP contribution in [0.2, 0.25) is 0 Å². The first kappa shape index (κ1) is 9.66. The van der Waals surface area contributed by atoms with E-state index < -0.39 is 0 Å². The van der Waals surface area contributed by atoms with Gasteiger partial charge in [0.15, 0.2) is 0 Å². The van der Waals surface area contributed by atoms with Crippen molar-refractivity contribution in [3.8, 4) is 0 Å². The van der Waals surface area contributed by atoms with E-state index in [0.29, 0.717) is 0 Å². The lowest BCUT2D eigenvalue weighted by molar-refractivity contribution is 1.11. The standard InChI is InChI=1S/C14H13N/c1-3-11(2)10-13-9-8-12-6-4-5-7-14(12)15-13/h3-9H,1-2,10H2. The average Bonchev–Trinajstić information content (AvgIpc) is 2.29. The number of allylic oxidation sites excluding steroid dienone is 2. The summed E-state index contributed by atoms with van der Waals surface area (Å²) in [6, 6.07) is 12.2. The molecule has 0 unspecified atom stereocenters. The van der Waals surface area contributed by atoms with Gasteiger partial charge in [-0.3, -0.25) is 4.98 Å². The van der Waals surface area contributed by atoms with Crippen molar-refractivity contribution in [2.45, 2.75) is 6.42 Å². The molecule has 1 heteroatoms. The van der Waals surface area contributed by atoms with Gasteiger partial charge in [0.2, 0.25) is 0 Å². The van der Waals surface area contributed by atoms with Crippen molar-refractivity contribution in [1.29, 1.82) is 0 Å². The van der Waals surface area contributed by atoms with Gasteiger partial charge in [-0.25, -0.2) is 0 Å². The number of benzene rings is 1. The number of para-hydroxylation sites is 1. The molecule has 0 saturated heterocycles. The van der Waals surface area contributed by atoms with Crippen molar-refractivity contribution >= 4 is 10.9 Å². The van der Waals surface area contributed by atoms with E-state index in [9.17, 15) is 0 Å².